The van der Waals surface area contributed by atoms with Gasteiger partial charge in [-0.2, -0.15) is 0 Å². The van der Waals surface area contributed by atoms with Crippen LogP contribution in [0.1, 0.15) is 32.1 Å². The summed E-state index contributed by atoms with van der Waals surface area (Å²) in [5.41, 5.74) is 0. The molecule has 2 fully saturated rings. The highest BCUT2D eigenvalue weighted by atomic mass is 32.2. The van der Waals surface area contributed by atoms with Crippen molar-refractivity contribution in [1.29, 1.82) is 0 Å². The summed E-state index contributed by atoms with van der Waals surface area (Å²) in [4.78, 5) is 11.9. The lowest BCUT2D eigenvalue weighted by molar-refractivity contribution is 0.231. The fraction of sp³-hybridized carbons (Fsp3) is 0.917. The van der Waals surface area contributed by atoms with Gasteiger partial charge in [0.05, 0.1) is 11.5 Å². The van der Waals surface area contributed by atoms with Crippen LogP contribution in [0.25, 0.3) is 0 Å². The average molecular weight is 289 g/mol. The Morgan fingerprint density at radius 2 is 1.68 bits per heavy atom. The van der Waals surface area contributed by atoms with Crippen LogP contribution in [-0.2, 0) is 9.84 Å². The molecule has 19 heavy (non-hydrogen) atoms. The van der Waals surface area contributed by atoms with Crippen molar-refractivity contribution in [2.24, 2.45) is 0 Å². The predicted octanol–water partition coefficient (Wildman–Crippen LogP) is 0.00490. The smallest absolute Gasteiger partial charge is 0.315 e. The summed E-state index contributed by atoms with van der Waals surface area (Å²) in [6.45, 7) is 1.83. The lowest BCUT2D eigenvalue weighted by Gasteiger charge is -2.24. The second-order valence-electron chi connectivity index (χ2n) is 5.44. The Labute approximate surface area is 114 Å². The molecule has 2 saturated heterocycles. The SMILES string of the molecule is O=C(NC1CCS(=O)(=O)CC1)NC1CCCCNC1. The molecule has 2 aliphatic heterocycles. The second kappa shape index (κ2) is 6.56. The molecule has 1 atom stereocenters. The average Bonchev–Trinajstić information content (AvgIpc) is 2.60. The zero-order chi connectivity index (χ0) is 13.7. The molecule has 0 aliphatic carbocycles. The quantitative estimate of drug-likeness (QED) is 0.668. The van der Waals surface area contributed by atoms with E-state index in [2.05, 4.69) is 16.0 Å². The van der Waals surface area contributed by atoms with E-state index in [1.807, 2.05) is 0 Å². The standard InChI is InChI=1S/C12H23N3O3S/c16-12(15-11-3-1-2-6-13-9-11)14-10-4-7-19(17,18)8-5-10/h10-11,13H,1-9H2,(H2,14,15,16). The summed E-state index contributed by atoms with van der Waals surface area (Å²) in [7, 11) is -2.87. The van der Waals surface area contributed by atoms with Crippen molar-refractivity contribution in [2.45, 2.75) is 44.2 Å². The number of sulfone groups is 1. The number of hydrogen-bond acceptors (Lipinski definition) is 4. The van der Waals surface area contributed by atoms with E-state index in [1.165, 1.54) is 0 Å². The molecular formula is C12H23N3O3S. The maximum absolute atomic E-state index is 11.9. The van der Waals surface area contributed by atoms with Gasteiger partial charge in [-0.25, -0.2) is 13.2 Å². The summed E-state index contributed by atoms with van der Waals surface area (Å²) in [5.74, 6) is 0.367. The van der Waals surface area contributed by atoms with E-state index < -0.39 is 9.84 Å². The first-order valence-corrected chi connectivity index (χ1v) is 8.85. The molecule has 0 aromatic heterocycles. The van der Waals surface area contributed by atoms with Gasteiger partial charge in [0.25, 0.3) is 0 Å². The van der Waals surface area contributed by atoms with E-state index in [-0.39, 0.29) is 29.6 Å². The highest BCUT2D eigenvalue weighted by Gasteiger charge is 2.25. The number of rotatable bonds is 2. The third-order valence-electron chi connectivity index (χ3n) is 3.77. The second-order valence-corrected chi connectivity index (χ2v) is 7.74. The van der Waals surface area contributed by atoms with Crippen molar-refractivity contribution >= 4 is 15.9 Å². The number of urea groups is 1. The molecule has 7 heteroatoms. The van der Waals surface area contributed by atoms with Crippen molar-refractivity contribution in [3.8, 4) is 0 Å². The molecule has 0 aromatic rings. The van der Waals surface area contributed by atoms with Gasteiger partial charge in [0.2, 0.25) is 0 Å². The lowest BCUT2D eigenvalue weighted by Crippen LogP contribution is -2.50. The van der Waals surface area contributed by atoms with Crippen LogP contribution in [0, 0.1) is 0 Å². The van der Waals surface area contributed by atoms with Crippen LogP contribution in [0.2, 0.25) is 0 Å². The topological polar surface area (TPSA) is 87.3 Å². The number of carbonyl (C=O) groups is 1. The summed E-state index contributed by atoms with van der Waals surface area (Å²) < 4.78 is 22.6. The molecule has 3 N–H and O–H groups in total. The molecule has 0 spiro atoms. The number of hydrogen-bond donors (Lipinski definition) is 3. The van der Waals surface area contributed by atoms with Crippen LogP contribution in [0.4, 0.5) is 4.79 Å². The zero-order valence-corrected chi connectivity index (χ0v) is 12.0. The van der Waals surface area contributed by atoms with Gasteiger partial charge in [-0.1, -0.05) is 6.42 Å². The predicted molar refractivity (Wildman–Crippen MR) is 73.9 cm³/mol. The monoisotopic (exact) mass is 289 g/mol. The molecule has 2 amide bonds. The molecule has 6 nitrogen and oxygen atoms in total. The van der Waals surface area contributed by atoms with Crippen molar-refractivity contribution in [1.82, 2.24) is 16.0 Å². The minimum atomic E-state index is -2.87. The summed E-state index contributed by atoms with van der Waals surface area (Å²) in [6, 6.07) is -0.00455. The van der Waals surface area contributed by atoms with Crippen LogP contribution >= 0.6 is 0 Å². The molecule has 2 aliphatic rings. The van der Waals surface area contributed by atoms with Gasteiger partial charge in [-0.15, -0.1) is 0 Å². The largest absolute Gasteiger partial charge is 0.335 e. The van der Waals surface area contributed by atoms with Crippen LogP contribution in [-0.4, -0.2) is 51.1 Å². The van der Waals surface area contributed by atoms with Crippen molar-refractivity contribution in [2.75, 3.05) is 24.6 Å². The van der Waals surface area contributed by atoms with Crippen molar-refractivity contribution < 1.29 is 13.2 Å². The fourth-order valence-corrected chi connectivity index (χ4v) is 4.08. The van der Waals surface area contributed by atoms with Gasteiger partial charge in [-0.05, 0) is 32.2 Å². The molecule has 2 rings (SSSR count). The van der Waals surface area contributed by atoms with E-state index >= 15 is 0 Å². The van der Waals surface area contributed by atoms with Gasteiger partial charge in [0, 0.05) is 18.6 Å². The Hall–Kier alpha value is -0.820. The Bertz CT molecular complexity index is 388. The summed E-state index contributed by atoms with van der Waals surface area (Å²) in [6.07, 6.45) is 4.33. The molecule has 2 heterocycles. The maximum Gasteiger partial charge on any atom is 0.315 e. The summed E-state index contributed by atoms with van der Waals surface area (Å²) >= 11 is 0. The Kier molecular flexibility index (Phi) is 5.04. The van der Waals surface area contributed by atoms with Gasteiger partial charge in [0.1, 0.15) is 9.84 Å². The molecule has 110 valence electrons. The first-order chi connectivity index (χ1) is 9.05. The van der Waals surface area contributed by atoms with Crippen LogP contribution in [0.15, 0.2) is 0 Å². The van der Waals surface area contributed by atoms with Crippen LogP contribution < -0.4 is 16.0 Å². The molecular weight excluding hydrogens is 266 g/mol. The van der Waals surface area contributed by atoms with Gasteiger partial charge in [0.15, 0.2) is 0 Å². The Morgan fingerprint density at radius 3 is 2.42 bits per heavy atom. The third-order valence-corrected chi connectivity index (χ3v) is 5.49. The van der Waals surface area contributed by atoms with E-state index in [4.69, 9.17) is 0 Å². The van der Waals surface area contributed by atoms with Gasteiger partial charge >= 0.3 is 6.03 Å². The molecule has 0 radical (unpaired) electrons. The molecule has 1 unspecified atom stereocenters. The van der Waals surface area contributed by atoms with Crippen molar-refractivity contribution in [3.63, 3.8) is 0 Å². The Morgan fingerprint density at radius 1 is 1.00 bits per heavy atom. The van der Waals surface area contributed by atoms with Crippen LogP contribution in [0.5, 0.6) is 0 Å². The van der Waals surface area contributed by atoms with Crippen molar-refractivity contribution in [3.05, 3.63) is 0 Å². The fourth-order valence-electron chi connectivity index (χ4n) is 2.59. The third kappa shape index (κ3) is 4.99. The first kappa shape index (κ1) is 14.6. The van der Waals surface area contributed by atoms with Crippen LogP contribution in [0.3, 0.4) is 0 Å². The minimum absolute atomic E-state index is 0.0118. The van der Waals surface area contributed by atoms with E-state index in [0.29, 0.717) is 12.8 Å². The normalized spacial score (nSPS) is 28.3. The molecule has 0 bridgehead atoms. The molecule has 0 saturated carbocycles. The van der Waals surface area contributed by atoms with E-state index in [9.17, 15) is 13.2 Å². The number of carbonyl (C=O) groups excluding carboxylic acids is 1. The van der Waals surface area contributed by atoms with Gasteiger partial charge < -0.3 is 16.0 Å². The maximum atomic E-state index is 11.9. The van der Waals surface area contributed by atoms with E-state index in [1.54, 1.807) is 0 Å². The first-order valence-electron chi connectivity index (χ1n) is 7.03. The summed E-state index contributed by atoms with van der Waals surface area (Å²) in [5, 5.41) is 9.14. The highest BCUT2D eigenvalue weighted by molar-refractivity contribution is 7.91. The zero-order valence-electron chi connectivity index (χ0n) is 11.2. The number of nitrogens with one attached hydrogen (secondary N) is 3. The van der Waals surface area contributed by atoms with Gasteiger partial charge in [-0.3, -0.25) is 0 Å². The minimum Gasteiger partial charge on any atom is -0.335 e. The molecule has 0 aromatic carbocycles. The van der Waals surface area contributed by atoms with E-state index in [0.717, 1.165) is 32.4 Å². The number of amides is 2. The Balaban J connectivity index is 1.72. The lowest BCUT2D eigenvalue weighted by atomic mass is 10.1. The highest BCUT2D eigenvalue weighted by Crippen LogP contribution is 2.12.